The van der Waals surface area contributed by atoms with Gasteiger partial charge in [-0.3, -0.25) is 4.79 Å². The molecule has 1 fully saturated rings. The molecule has 320 valence electrons. The molecule has 0 saturated carbocycles. The van der Waals surface area contributed by atoms with Crippen LogP contribution in [0.2, 0.25) is 0 Å². The van der Waals surface area contributed by atoms with Crippen molar-refractivity contribution in [3.63, 3.8) is 0 Å². The van der Waals surface area contributed by atoms with Gasteiger partial charge in [0.25, 0.3) is 0 Å². The van der Waals surface area contributed by atoms with Crippen LogP contribution in [-0.2, 0) is 19.0 Å². The molecule has 58 heavy (non-hydrogen) atoms. The number of carbonyl (C=O) groups excluding carboxylic acids is 1. The SMILES string of the molecule is CCCC(=O)OC[C@H]1O[C@@H](OC(C)(C)C/C=C/C(C)=C/C=C/C(C)=C/C=C/C(C)=C/C=C/C=C(C)/C=C/C=C(C)/C=C/C=C(C)/C=C/CC(C)(C)O)[C@H](O)[C@@H](O)[C@@H]1O. The Morgan fingerprint density at radius 3 is 1.40 bits per heavy atom. The summed E-state index contributed by atoms with van der Waals surface area (Å²) in [5.74, 6) is -0.423. The smallest absolute Gasteiger partial charge is 0.305 e. The van der Waals surface area contributed by atoms with Crippen molar-refractivity contribution in [3.05, 3.63) is 155 Å². The molecule has 1 saturated heterocycles. The minimum atomic E-state index is -1.51. The van der Waals surface area contributed by atoms with Crippen molar-refractivity contribution in [2.45, 2.75) is 144 Å². The highest BCUT2D eigenvalue weighted by molar-refractivity contribution is 5.69. The summed E-state index contributed by atoms with van der Waals surface area (Å²) >= 11 is 0. The molecule has 5 atom stereocenters. The van der Waals surface area contributed by atoms with Gasteiger partial charge in [-0.1, -0.05) is 162 Å². The summed E-state index contributed by atoms with van der Waals surface area (Å²) in [7, 11) is 0. The third kappa shape index (κ3) is 24.6. The monoisotopic (exact) mass is 801 g/mol. The molecule has 0 spiro atoms. The van der Waals surface area contributed by atoms with Crippen LogP contribution in [-0.4, -0.2) is 74.9 Å². The second-order valence-electron chi connectivity index (χ2n) is 16.1. The van der Waals surface area contributed by atoms with Crippen molar-refractivity contribution in [3.8, 4) is 0 Å². The van der Waals surface area contributed by atoms with Gasteiger partial charge in [-0.15, -0.1) is 0 Å². The van der Waals surface area contributed by atoms with E-state index in [1.807, 2.05) is 108 Å². The number of hydrogen-bond acceptors (Lipinski definition) is 8. The normalized spacial score (nSPS) is 23.1. The lowest BCUT2D eigenvalue weighted by molar-refractivity contribution is -0.323. The van der Waals surface area contributed by atoms with E-state index >= 15 is 0 Å². The first-order valence-electron chi connectivity index (χ1n) is 20.2. The Bertz CT molecular complexity index is 1680. The van der Waals surface area contributed by atoms with E-state index in [1.54, 1.807) is 13.8 Å². The van der Waals surface area contributed by atoms with Gasteiger partial charge in [0.05, 0.1) is 11.2 Å². The molecule has 0 aliphatic carbocycles. The lowest BCUT2D eigenvalue weighted by Crippen LogP contribution is -2.60. The summed E-state index contributed by atoms with van der Waals surface area (Å²) in [4.78, 5) is 11.8. The minimum Gasteiger partial charge on any atom is -0.463 e. The molecule has 1 aliphatic rings. The first-order valence-corrected chi connectivity index (χ1v) is 20.2. The van der Waals surface area contributed by atoms with Crippen molar-refractivity contribution < 1.29 is 39.4 Å². The lowest BCUT2D eigenvalue weighted by atomic mass is 9.98. The van der Waals surface area contributed by atoms with Crippen LogP contribution < -0.4 is 0 Å². The van der Waals surface area contributed by atoms with E-state index in [4.69, 9.17) is 14.2 Å². The zero-order valence-corrected chi connectivity index (χ0v) is 36.9. The molecular weight excluding hydrogens is 729 g/mol. The van der Waals surface area contributed by atoms with Crippen LogP contribution in [0.3, 0.4) is 0 Å². The number of carbonyl (C=O) groups is 1. The third-order valence-electron chi connectivity index (χ3n) is 8.66. The van der Waals surface area contributed by atoms with Gasteiger partial charge in [-0.2, -0.15) is 0 Å². The number of hydrogen-bond donors (Lipinski definition) is 4. The molecular formula is C50H72O8. The van der Waals surface area contributed by atoms with Gasteiger partial charge in [0.15, 0.2) is 6.29 Å². The predicted molar refractivity (Wildman–Crippen MR) is 240 cm³/mol. The van der Waals surface area contributed by atoms with Crippen LogP contribution in [0.25, 0.3) is 0 Å². The molecule has 0 aromatic heterocycles. The molecule has 0 aromatic carbocycles. The second kappa shape index (κ2) is 27.5. The molecule has 8 nitrogen and oxygen atoms in total. The van der Waals surface area contributed by atoms with Gasteiger partial charge < -0.3 is 34.6 Å². The van der Waals surface area contributed by atoms with Crippen molar-refractivity contribution >= 4 is 5.97 Å². The molecule has 0 radical (unpaired) electrons. The minimum absolute atomic E-state index is 0.240. The van der Waals surface area contributed by atoms with Gasteiger partial charge >= 0.3 is 5.97 Å². The average Bonchev–Trinajstić information content (AvgIpc) is 3.12. The highest BCUT2D eigenvalue weighted by Gasteiger charge is 2.46. The maximum absolute atomic E-state index is 11.8. The van der Waals surface area contributed by atoms with Gasteiger partial charge in [0.2, 0.25) is 0 Å². The Balaban J connectivity index is 2.61. The first-order chi connectivity index (χ1) is 27.2. The highest BCUT2D eigenvalue weighted by atomic mass is 16.7. The Morgan fingerprint density at radius 2 is 0.983 bits per heavy atom. The van der Waals surface area contributed by atoms with Crippen LogP contribution in [0.5, 0.6) is 0 Å². The number of allylic oxidation sites excluding steroid dienone is 24. The molecule has 1 rings (SSSR count). The third-order valence-corrected chi connectivity index (χ3v) is 8.66. The van der Waals surface area contributed by atoms with Crippen molar-refractivity contribution in [2.24, 2.45) is 0 Å². The molecule has 1 aliphatic heterocycles. The molecule has 1 heterocycles. The van der Waals surface area contributed by atoms with E-state index in [1.165, 1.54) is 0 Å². The summed E-state index contributed by atoms with van der Waals surface area (Å²) in [5.41, 5.74) is 5.25. The van der Waals surface area contributed by atoms with Crippen molar-refractivity contribution in [2.75, 3.05) is 6.61 Å². The van der Waals surface area contributed by atoms with Gasteiger partial charge in [0, 0.05) is 6.42 Å². The molecule has 0 amide bonds. The maximum atomic E-state index is 11.8. The Hall–Kier alpha value is -4.15. The molecule has 0 bridgehead atoms. The van der Waals surface area contributed by atoms with E-state index in [2.05, 4.69) is 75.5 Å². The quantitative estimate of drug-likeness (QED) is 0.0630. The topological polar surface area (TPSA) is 126 Å². The molecule has 4 N–H and O–H groups in total. The van der Waals surface area contributed by atoms with Crippen LogP contribution >= 0.6 is 0 Å². The highest BCUT2D eigenvalue weighted by Crippen LogP contribution is 2.28. The predicted octanol–water partition coefficient (Wildman–Crippen LogP) is 10.1. The van der Waals surface area contributed by atoms with Gasteiger partial charge in [-0.25, -0.2) is 0 Å². The fraction of sp³-hybridized carbons (Fsp3) is 0.460. The summed E-state index contributed by atoms with van der Waals surface area (Å²) in [6.07, 6.45) is 36.1. The second-order valence-corrected chi connectivity index (χ2v) is 16.1. The fourth-order valence-electron chi connectivity index (χ4n) is 5.18. The Morgan fingerprint density at radius 1 is 0.586 bits per heavy atom. The van der Waals surface area contributed by atoms with E-state index in [9.17, 15) is 25.2 Å². The lowest BCUT2D eigenvalue weighted by Gasteiger charge is -2.42. The molecule has 0 unspecified atom stereocenters. The van der Waals surface area contributed by atoms with E-state index in [-0.39, 0.29) is 13.0 Å². The maximum Gasteiger partial charge on any atom is 0.305 e. The number of rotatable bonds is 22. The Kier molecular flexibility index (Phi) is 24.6. The fourth-order valence-corrected chi connectivity index (χ4v) is 5.18. The summed E-state index contributed by atoms with van der Waals surface area (Å²) in [5, 5.41) is 41.0. The molecule has 8 heteroatoms. The van der Waals surface area contributed by atoms with Gasteiger partial charge in [0.1, 0.15) is 31.0 Å². The van der Waals surface area contributed by atoms with Gasteiger partial charge in [-0.05, 0) is 88.5 Å². The summed E-state index contributed by atoms with van der Waals surface area (Å²) in [6.45, 7) is 21.2. The van der Waals surface area contributed by atoms with Crippen LogP contribution in [0.15, 0.2) is 155 Å². The average molecular weight is 801 g/mol. The van der Waals surface area contributed by atoms with Crippen molar-refractivity contribution in [1.29, 1.82) is 0 Å². The number of esters is 1. The standard InChI is InChI=1S/C50H72O8/c1-12-21-44(51)56-36-43-45(52)46(53)47(54)48(57-43)58-50(10,11)35-20-33-42(7)31-18-29-40(5)27-16-25-38(3)23-14-13-22-37(2)24-15-26-39(4)28-17-30-41(6)32-19-34-49(8,9)55/h13-20,22-33,43,45-48,52-55H,12,21,34-36H2,1-11H3/b14-13+,24-15+,25-16+,28-17+,29-18+,32-19+,33-20+,37-22+,38-23+,39-26+,40-27+,41-30+,42-31+/t43-,45-,46+,47-,48+/m1/s1. The summed E-state index contributed by atoms with van der Waals surface area (Å²) < 4.78 is 16.9. The largest absolute Gasteiger partial charge is 0.463 e. The van der Waals surface area contributed by atoms with E-state index in [0.717, 1.165) is 33.4 Å². The Labute approximate surface area is 349 Å². The zero-order chi connectivity index (χ0) is 43.7. The first kappa shape index (κ1) is 51.9. The van der Waals surface area contributed by atoms with Crippen LogP contribution in [0, 0.1) is 0 Å². The molecule has 0 aromatic rings. The number of aliphatic hydroxyl groups is 4. The van der Waals surface area contributed by atoms with E-state index in [0.29, 0.717) is 19.3 Å². The zero-order valence-electron chi connectivity index (χ0n) is 36.9. The van der Waals surface area contributed by atoms with Crippen LogP contribution in [0.1, 0.15) is 102 Å². The van der Waals surface area contributed by atoms with Crippen LogP contribution in [0.4, 0.5) is 0 Å². The summed E-state index contributed by atoms with van der Waals surface area (Å²) in [6, 6.07) is 0. The van der Waals surface area contributed by atoms with Crippen molar-refractivity contribution in [1.82, 2.24) is 0 Å². The number of aliphatic hydroxyl groups excluding tert-OH is 3. The number of ether oxygens (including phenoxy) is 3. The van der Waals surface area contributed by atoms with E-state index < -0.39 is 47.9 Å².